The Hall–Kier alpha value is -2.20. The molecule has 0 spiro atoms. The summed E-state index contributed by atoms with van der Waals surface area (Å²) in [5.74, 6) is -0.643. The van der Waals surface area contributed by atoms with Crippen molar-refractivity contribution in [2.24, 2.45) is 5.16 Å². The summed E-state index contributed by atoms with van der Waals surface area (Å²) >= 11 is 5.74. The molecular weight excluding hydrogens is 278 g/mol. The van der Waals surface area contributed by atoms with E-state index in [9.17, 15) is 9.59 Å². The van der Waals surface area contributed by atoms with Crippen molar-refractivity contribution in [2.75, 3.05) is 0 Å². The summed E-state index contributed by atoms with van der Waals surface area (Å²) in [6.07, 6.45) is 2.93. The second kappa shape index (κ2) is 5.84. The van der Waals surface area contributed by atoms with Crippen LogP contribution in [0.2, 0.25) is 5.02 Å². The lowest BCUT2D eigenvalue weighted by molar-refractivity contribution is -0.111. The van der Waals surface area contributed by atoms with E-state index in [4.69, 9.17) is 16.4 Å². The summed E-state index contributed by atoms with van der Waals surface area (Å²) in [5.41, 5.74) is 2.10. The van der Waals surface area contributed by atoms with E-state index in [2.05, 4.69) is 5.16 Å². The van der Waals surface area contributed by atoms with E-state index in [1.54, 1.807) is 38.1 Å². The van der Waals surface area contributed by atoms with Gasteiger partial charge in [-0.15, -0.1) is 0 Å². The Balaban J connectivity index is 2.14. The molecule has 0 fully saturated rings. The molecule has 4 nitrogen and oxygen atoms in total. The van der Waals surface area contributed by atoms with Crippen LogP contribution in [0.25, 0.3) is 0 Å². The molecule has 1 aromatic carbocycles. The molecule has 5 heteroatoms. The van der Waals surface area contributed by atoms with Gasteiger partial charge in [0.2, 0.25) is 0 Å². The highest BCUT2D eigenvalue weighted by Gasteiger charge is 2.15. The maximum atomic E-state index is 11.8. The molecule has 0 N–H and O–H groups in total. The number of allylic oxidation sites excluding steroid dienone is 4. The smallest absolute Gasteiger partial charge is 0.312 e. The van der Waals surface area contributed by atoms with Gasteiger partial charge in [-0.05, 0) is 55.8 Å². The van der Waals surface area contributed by atoms with Crippen LogP contribution in [0.4, 0.5) is 0 Å². The standard InChI is InChI=1S/C15H12ClNO3/c1-9-10(2)14(18)8-7-13(9)17-20-15(19)11-3-5-12(16)6-4-11/h3-8H,1-2H3/b17-13+. The predicted octanol–water partition coefficient (Wildman–Crippen LogP) is 3.33. The largest absolute Gasteiger partial charge is 0.365 e. The highest BCUT2D eigenvalue weighted by atomic mass is 35.5. The Kier molecular flexibility index (Phi) is 4.15. The first-order valence-corrected chi connectivity index (χ1v) is 6.32. The average Bonchev–Trinajstić information content (AvgIpc) is 2.44. The molecule has 20 heavy (non-hydrogen) atoms. The lowest BCUT2D eigenvalue weighted by Crippen LogP contribution is -2.12. The minimum absolute atomic E-state index is 0.0644. The molecule has 0 radical (unpaired) electrons. The van der Waals surface area contributed by atoms with Gasteiger partial charge in [0, 0.05) is 10.6 Å². The number of rotatable bonds is 2. The SMILES string of the molecule is CC1=C(C)/C(=N/OC(=O)c2ccc(Cl)cc2)C=CC1=O. The fourth-order valence-electron chi connectivity index (χ4n) is 1.61. The number of halogens is 1. The molecule has 0 unspecified atom stereocenters. The highest BCUT2D eigenvalue weighted by molar-refractivity contribution is 6.30. The zero-order valence-electron chi connectivity index (χ0n) is 11.0. The monoisotopic (exact) mass is 289 g/mol. The van der Waals surface area contributed by atoms with Crippen LogP contribution >= 0.6 is 11.6 Å². The summed E-state index contributed by atoms with van der Waals surface area (Å²) < 4.78 is 0. The first-order chi connectivity index (χ1) is 9.49. The third kappa shape index (κ3) is 3.03. The van der Waals surface area contributed by atoms with Crippen molar-refractivity contribution >= 4 is 29.1 Å². The van der Waals surface area contributed by atoms with Crippen molar-refractivity contribution in [3.63, 3.8) is 0 Å². The van der Waals surface area contributed by atoms with Gasteiger partial charge in [0.05, 0.1) is 5.56 Å². The van der Waals surface area contributed by atoms with Gasteiger partial charge in [0.25, 0.3) is 0 Å². The Labute approximate surface area is 121 Å². The third-order valence-electron chi connectivity index (χ3n) is 3.02. The van der Waals surface area contributed by atoms with E-state index < -0.39 is 5.97 Å². The van der Waals surface area contributed by atoms with Gasteiger partial charge in [-0.25, -0.2) is 4.79 Å². The second-order valence-electron chi connectivity index (χ2n) is 4.31. The molecule has 0 amide bonds. The number of benzene rings is 1. The van der Waals surface area contributed by atoms with Crippen LogP contribution in [0.15, 0.2) is 52.7 Å². The maximum Gasteiger partial charge on any atom is 0.365 e. The molecular formula is C15H12ClNO3. The first-order valence-electron chi connectivity index (χ1n) is 5.94. The van der Waals surface area contributed by atoms with Gasteiger partial charge in [-0.3, -0.25) is 4.79 Å². The predicted molar refractivity (Wildman–Crippen MR) is 76.8 cm³/mol. The molecule has 0 atom stereocenters. The molecule has 1 aliphatic carbocycles. The van der Waals surface area contributed by atoms with Crippen LogP contribution in [0, 0.1) is 0 Å². The highest BCUT2D eigenvalue weighted by Crippen LogP contribution is 2.15. The van der Waals surface area contributed by atoms with E-state index in [0.29, 0.717) is 27.4 Å². The number of hydrogen-bond donors (Lipinski definition) is 0. The van der Waals surface area contributed by atoms with Crippen LogP contribution < -0.4 is 0 Å². The van der Waals surface area contributed by atoms with Crippen LogP contribution in [-0.2, 0) is 9.63 Å². The molecule has 0 saturated heterocycles. The summed E-state index contributed by atoms with van der Waals surface area (Å²) in [7, 11) is 0. The van der Waals surface area contributed by atoms with Gasteiger partial charge in [0.1, 0.15) is 5.71 Å². The fraction of sp³-hybridized carbons (Fsp3) is 0.133. The zero-order valence-corrected chi connectivity index (χ0v) is 11.8. The van der Waals surface area contributed by atoms with E-state index in [0.717, 1.165) is 0 Å². The van der Waals surface area contributed by atoms with Crippen molar-refractivity contribution in [3.8, 4) is 0 Å². The minimum atomic E-state index is -0.579. The van der Waals surface area contributed by atoms with Crippen molar-refractivity contribution < 1.29 is 14.4 Å². The fourth-order valence-corrected chi connectivity index (χ4v) is 1.74. The van der Waals surface area contributed by atoms with Gasteiger partial charge in [-0.1, -0.05) is 16.8 Å². The van der Waals surface area contributed by atoms with Crippen LogP contribution in [0.3, 0.4) is 0 Å². The second-order valence-corrected chi connectivity index (χ2v) is 4.75. The molecule has 0 heterocycles. The lowest BCUT2D eigenvalue weighted by atomic mass is 9.97. The summed E-state index contributed by atoms with van der Waals surface area (Å²) in [4.78, 5) is 28.1. The Morgan fingerprint density at radius 2 is 1.75 bits per heavy atom. The normalized spacial score (nSPS) is 16.8. The zero-order chi connectivity index (χ0) is 14.7. The number of carbonyl (C=O) groups excluding carboxylic acids is 2. The molecule has 2 rings (SSSR count). The van der Waals surface area contributed by atoms with Crippen LogP contribution in [-0.4, -0.2) is 17.5 Å². The number of nitrogens with zero attached hydrogens (tertiary/aromatic N) is 1. The first kappa shape index (κ1) is 14.2. The molecule has 102 valence electrons. The lowest BCUT2D eigenvalue weighted by Gasteiger charge is -2.09. The van der Waals surface area contributed by atoms with Gasteiger partial charge < -0.3 is 4.84 Å². The average molecular weight is 290 g/mol. The Bertz CT molecular complexity index is 654. The number of carbonyl (C=O) groups is 2. The number of hydrogen-bond acceptors (Lipinski definition) is 4. The van der Waals surface area contributed by atoms with E-state index in [1.165, 1.54) is 12.2 Å². The van der Waals surface area contributed by atoms with E-state index in [1.807, 2.05) is 0 Å². The summed E-state index contributed by atoms with van der Waals surface area (Å²) in [5, 5.41) is 4.32. The van der Waals surface area contributed by atoms with Crippen LogP contribution in [0.1, 0.15) is 24.2 Å². The molecule has 0 aliphatic heterocycles. The van der Waals surface area contributed by atoms with E-state index in [-0.39, 0.29) is 5.78 Å². The maximum absolute atomic E-state index is 11.8. The van der Waals surface area contributed by atoms with Gasteiger partial charge in [-0.2, -0.15) is 0 Å². The van der Waals surface area contributed by atoms with E-state index >= 15 is 0 Å². The number of ketones is 1. The summed E-state index contributed by atoms with van der Waals surface area (Å²) in [6.45, 7) is 3.46. The molecule has 1 aromatic rings. The molecule has 1 aliphatic rings. The van der Waals surface area contributed by atoms with Gasteiger partial charge in [0.15, 0.2) is 5.78 Å². The van der Waals surface area contributed by atoms with Crippen molar-refractivity contribution in [2.45, 2.75) is 13.8 Å². The molecule has 0 saturated carbocycles. The minimum Gasteiger partial charge on any atom is -0.312 e. The van der Waals surface area contributed by atoms with Crippen molar-refractivity contribution in [1.29, 1.82) is 0 Å². The Morgan fingerprint density at radius 1 is 1.10 bits per heavy atom. The number of oxime groups is 1. The van der Waals surface area contributed by atoms with Gasteiger partial charge >= 0.3 is 5.97 Å². The van der Waals surface area contributed by atoms with Crippen LogP contribution in [0.5, 0.6) is 0 Å². The quantitative estimate of drug-likeness (QED) is 0.477. The molecule has 0 aromatic heterocycles. The topological polar surface area (TPSA) is 55.7 Å². The summed E-state index contributed by atoms with van der Waals surface area (Å²) in [6, 6.07) is 6.30. The Morgan fingerprint density at radius 3 is 2.40 bits per heavy atom. The third-order valence-corrected chi connectivity index (χ3v) is 3.27. The van der Waals surface area contributed by atoms with Crippen molar-refractivity contribution in [3.05, 3.63) is 58.1 Å². The van der Waals surface area contributed by atoms with Crippen molar-refractivity contribution in [1.82, 2.24) is 0 Å². The molecule has 0 bridgehead atoms.